The number of fused-ring (bicyclic) bond motifs is 5. The van der Waals surface area contributed by atoms with Crippen molar-refractivity contribution in [1.82, 2.24) is 24.4 Å². The molecule has 0 N–H and O–H groups in total. The van der Waals surface area contributed by atoms with Crippen molar-refractivity contribution >= 4 is 8.48 Å². The molecule has 1 aliphatic heterocycles. The molecule has 0 radical (unpaired) electrons. The van der Waals surface area contributed by atoms with Gasteiger partial charge >= 0.3 is 29.5 Å². The summed E-state index contributed by atoms with van der Waals surface area (Å²) in [6, 6.07) is 17.1. The molecule has 2 aliphatic rings. The molecule has 202 valence electrons. The summed E-state index contributed by atoms with van der Waals surface area (Å²) >= 11 is 0. The topological polar surface area (TPSA) is 66.9 Å². The van der Waals surface area contributed by atoms with Crippen LogP contribution in [0.5, 0.6) is 5.75 Å². The first kappa shape index (κ1) is 28.5. The summed E-state index contributed by atoms with van der Waals surface area (Å²) in [5, 5.41) is 8.31. The van der Waals surface area contributed by atoms with Gasteiger partial charge in [0.2, 0.25) is 0 Å². The van der Waals surface area contributed by atoms with Crippen molar-refractivity contribution in [3.63, 3.8) is 0 Å². The van der Waals surface area contributed by atoms with Crippen molar-refractivity contribution in [2.75, 3.05) is 0 Å². The van der Waals surface area contributed by atoms with E-state index < -0.39 is 8.48 Å². The van der Waals surface area contributed by atoms with Crippen molar-refractivity contribution in [2.45, 2.75) is 84.2 Å². The molecule has 6 nitrogen and oxygen atoms in total. The van der Waals surface area contributed by atoms with E-state index in [0.29, 0.717) is 0 Å². The number of nitrogens with zero attached hydrogens (tertiary/aromatic N) is 5. The van der Waals surface area contributed by atoms with Gasteiger partial charge in [0.05, 0.1) is 11.5 Å². The van der Waals surface area contributed by atoms with Gasteiger partial charge in [0.1, 0.15) is 0 Å². The fourth-order valence-electron chi connectivity index (χ4n) is 5.78. The van der Waals surface area contributed by atoms with Gasteiger partial charge in [-0.25, -0.2) is 0 Å². The summed E-state index contributed by atoms with van der Waals surface area (Å²) in [4.78, 5) is 9.34. The molecule has 0 atom stereocenters. The summed E-state index contributed by atoms with van der Waals surface area (Å²) in [7, 11) is -2.08. The minimum atomic E-state index is -2.08. The van der Waals surface area contributed by atoms with Gasteiger partial charge in [-0.1, -0.05) is 71.9 Å². The van der Waals surface area contributed by atoms with Gasteiger partial charge in [0, 0.05) is 45.3 Å². The third-order valence-corrected chi connectivity index (χ3v) is 9.45. The van der Waals surface area contributed by atoms with Crippen molar-refractivity contribution in [1.29, 1.82) is 0 Å². The van der Waals surface area contributed by atoms with Gasteiger partial charge in [-0.05, 0) is 31.6 Å². The molecule has 8 heteroatoms. The minimum Gasteiger partial charge on any atom is -0.573 e. The number of hydrogen-bond acceptors (Lipinski definition) is 4. The molecule has 0 amide bonds. The SMILES string of the molecule is CC(C)(C)c1cc(-c2ccccn2)[n-]n1.CC1(C)CC(C)(C)c2c1nc1n2[Si](C)(C)Oc2ccc[c-]c2-1.[Pt+2]. The molecule has 0 saturated carbocycles. The Morgan fingerprint density at radius 2 is 1.79 bits per heavy atom. The maximum absolute atomic E-state index is 6.42. The van der Waals surface area contributed by atoms with Gasteiger partial charge in [0.15, 0.2) is 0 Å². The summed E-state index contributed by atoms with van der Waals surface area (Å²) in [5.74, 6) is 2.00. The Balaban J connectivity index is 0.000000185. The zero-order chi connectivity index (χ0) is 26.8. The summed E-state index contributed by atoms with van der Waals surface area (Å²) in [6.45, 7) is 20.2. The first-order valence-electron chi connectivity index (χ1n) is 13.0. The molecule has 4 heterocycles. The van der Waals surface area contributed by atoms with Gasteiger partial charge in [-0.15, -0.1) is 24.3 Å². The molecule has 3 aromatic heterocycles. The average molecular weight is 707 g/mol. The molecule has 6 rings (SSSR count). The standard InChI is InChI=1S/C18H23N2OSi.C12H14N3.Pt/c1-17(2)11-18(3,4)15-14(17)19-16-12-9-7-8-10-13(12)21-22(5,6)20(15)16;1-12(2,3)11-8-10(14-15-11)9-6-4-5-7-13-9;/h7-8,10H,11H2,1-6H3;4-8H,1-3H3;/q2*-1;+2. The Morgan fingerprint density at radius 1 is 1.05 bits per heavy atom. The van der Waals surface area contributed by atoms with E-state index >= 15 is 0 Å². The largest absolute Gasteiger partial charge is 2.00 e. The average Bonchev–Trinajstić information content (AvgIpc) is 3.50. The van der Waals surface area contributed by atoms with Crippen LogP contribution in [0.1, 0.15) is 72.0 Å². The van der Waals surface area contributed by atoms with Crippen LogP contribution in [0.25, 0.3) is 22.8 Å². The summed E-state index contributed by atoms with van der Waals surface area (Å²) in [6.07, 6.45) is 2.90. The predicted molar refractivity (Wildman–Crippen MR) is 150 cm³/mol. The molecule has 1 aromatic carbocycles. The Labute approximate surface area is 242 Å². The monoisotopic (exact) mass is 706 g/mol. The van der Waals surface area contributed by atoms with Crippen LogP contribution in [0.2, 0.25) is 13.1 Å². The van der Waals surface area contributed by atoms with Gasteiger partial charge in [-0.2, -0.15) is 0 Å². The Bertz CT molecular complexity index is 1450. The van der Waals surface area contributed by atoms with Crippen LogP contribution in [0.4, 0.5) is 0 Å². The molecule has 0 spiro atoms. The van der Waals surface area contributed by atoms with Crippen LogP contribution in [0.15, 0.2) is 48.7 Å². The van der Waals surface area contributed by atoms with Crippen molar-refractivity contribution in [3.05, 3.63) is 71.8 Å². The molecule has 0 saturated heterocycles. The molecule has 0 unspecified atom stereocenters. The van der Waals surface area contributed by atoms with E-state index in [4.69, 9.17) is 9.41 Å². The van der Waals surface area contributed by atoms with Crippen LogP contribution in [0.3, 0.4) is 0 Å². The fourth-order valence-corrected chi connectivity index (χ4v) is 8.20. The molecule has 4 aromatic rings. The Kier molecular flexibility index (Phi) is 7.20. The number of aromatic nitrogens is 5. The van der Waals surface area contributed by atoms with E-state index in [1.54, 1.807) is 6.20 Å². The van der Waals surface area contributed by atoms with E-state index in [2.05, 4.69) is 87.0 Å². The Morgan fingerprint density at radius 3 is 2.42 bits per heavy atom. The smallest absolute Gasteiger partial charge is 0.573 e. The van der Waals surface area contributed by atoms with Gasteiger partial charge in [0.25, 0.3) is 0 Å². The van der Waals surface area contributed by atoms with Crippen LogP contribution >= 0.6 is 0 Å². The van der Waals surface area contributed by atoms with Crippen molar-refractivity contribution < 1.29 is 25.5 Å². The van der Waals surface area contributed by atoms with Crippen molar-refractivity contribution in [3.8, 4) is 28.5 Å². The first-order valence-corrected chi connectivity index (χ1v) is 15.8. The Hall–Kier alpha value is -2.50. The van der Waals surface area contributed by atoms with E-state index in [1.807, 2.05) is 42.5 Å². The molecular weight excluding hydrogens is 670 g/mol. The second kappa shape index (κ2) is 9.60. The number of pyridine rings is 1. The van der Waals surface area contributed by atoms with E-state index in [9.17, 15) is 0 Å². The minimum absolute atomic E-state index is 0. The third-order valence-electron chi connectivity index (χ3n) is 7.22. The van der Waals surface area contributed by atoms with Gasteiger partial charge in [-0.3, -0.25) is 9.97 Å². The summed E-state index contributed by atoms with van der Waals surface area (Å²) < 4.78 is 8.86. The number of benzene rings is 1. The van der Waals surface area contributed by atoms with E-state index in [0.717, 1.165) is 40.6 Å². The fraction of sp³-hybridized carbons (Fsp3) is 0.433. The number of rotatable bonds is 1. The van der Waals surface area contributed by atoms with Crippen LogP contribution in [-0.2, 0) is 37.3 Å². The predicted octanol–water partition coefficient (Wildman–Crippen LogP) is 6.65. The first-order chi connectivity index (χ1) is 17.2. The summed E-state index contributed by atoms with van der Waals surface area (Å²) in [5.41, 5.74) is 6.65. The van der Waals surface area contributed by atoms with Gasteiger partial charge < -0.3 is 18.9 Å². The van der Waals surface area contributed by atoms with E-state index in [1.165, 1.54) is 11.4 Å². The maximum Gasteiger partial charge on any atom is 2.00 e. The molecular formula is C30H37N5OPtSi. The molecule has 0 bridgehead atoms. The number of hydrogen-bond donors (Lipinski definition) is 0. The molecule has 0 fully saturated rings. The zero-order valence-corrected chi connectivity index (χ0v) is 27.1. The maximum atomic E-state index is 6.42. The van der Waals surface area contributed by atoms with Crippen LogP contribution in [-0.4, -0.2) is 27.8 Å². The second-order valence-electron chi connectivity index (χ2n) is 13.0. The molecule has 38 heavy (non-hydrogen) atoms. The zero-order valence-electron chi connectivity index (χ0n) is 23.8. The van der Waals surface area contributed by atoms with Crippen LogP contribution in [0, 0.1) is 6.07 Å². The number of imidazole rings is 1. The van der Waals surface area contributed by atoms with Crippen molar-refractivity contribution in [2.24, 2.45) is 0 Å². The molecule has 1 aliphatic carbocycles. The normalized spacial score (nSPS) is 17.6. The quantitative estimate of drug-likeness (QED) is 0.164. The third kappa shape index (κ3) is 4.95. The van der Waals surface area contributed by atoms with Crippen LogP contribution < -0.4 is 9.52 Å². The second-order valence-corrected chi connectivity index (χ2v) is 16.5. The van der Waals surface area contributed by atoms with E-state index in [-0.39, 0.29) is 37.3 Å².